The minimum Gasteiger partial charge on any atom is -0.357 e. The summed E-state index contributed by atoms with van der Waals surface area (Å²) in [6.45, 7) is 14.1. The van der Waals surface area contributed by atoms with Crippen molar-refractivity contribution < 1.29 is 0 Å². The standard InChI is InChI=1S/C17H31N3/c1-13(2)11-14(3)20(7)16-10-8-9-15(19-16)12-18-17(4,5)6/h8-10,13-14,18H,11-12H2,1-7H3. The van der Waals surface area contributed by atoms with Gasteiger partial charge in [-0.05, 0) is 52.2 Å². The van der Waals surface area contributed by atoms with E-state index in [4.69, 9.17) is 4.98 Å². The van der Waals surface area contributed by atoms with Gasteiger partial charge in [0.1, 0.15) is 5.82 Å². The molecule has 0 fully saturated rings. The fourth-order valence-electron chi connectivity index (χ4n) is 2.18. The van der Waals surface area contributed by atoms with Crippen LogP contribution in [0.2, 0.25) is 0 Å². The molecule has 0 spiro atoms. The van der Waals surface area contributed by atoms with Gasteiger partial charge in [0.2, 0.25) is 0 Å². The summed E-state index contributed by atoms with van der Waals surface area (Å²) in [5.41, 5.74) is 1.22. The summed E-state index contributed by atoms with van der Waals surface area (Å²) in [5, 5.41) is 3.48. The molecular weight excluding hydrogens is 246 g/mol. The number of pyridine rings is 1. The number of rotatable bonds is 6. The molecule has 3 nitrogen and oxygen atoms in total. The summed E-state index contributed by atoms with van der Waals surface area (Å²) in [6, 6.07) is 6.79. The number of hydrogen-bond donors (Lipinski definition) is 1. The average Bonchev–Trinajstić information content (AvgIpc) is 2.34. The van der Waals surface area contributed by atoms with Crippen LogP contribution >= 0.6 is 0 Å². The first-order chi connectivity index (χ1) is 9.19. The van der Waals surface area contributed by atoms with Crippen LogP contribution in [0.5, 0.6) is 0 Å². The van der Waals surface area contributed by atoms with Crippen LogP contribution in [0.1, 0.15) is 53.7 Å². The van der Waals surface area contributed by atoms with Crippen molar-refractivity contribution in [2.75, 3.05) is 11.9 Å². The van der Waals surface area contributed by atoms with Crippen LogP contribution in [0.3, 0.4) is 0 Å². The van der Waals surface area contributed by atoms with Gasteiger partial charge in [0.05, 0.1) is 5.69 Å². The molecule has 0 amide bonds. The zero-order valence-corrected chi connectivity index (χ0v) is 14.2. The molecule has 1 aromatic heterocycles. The van der Waals surface area contributed by atoms with Crippen molar-refractivity contribution in [2.45, 2.75) is 66.1 Å². The minimum absolute atomic E-state index is 0.120. The fraction of sp³-hybridized carbons (Fsp3) is 0.706. The zero-order chi connectivity index (χ0) is 15.3. The molecule has 1 rings (SSSR count). The van der Waals surface area contributed by atoms with Gasteiger partial charge in [-0.1, -0.05) is 19.9 Å². The Kier molecular flexibility index (Phi) is 6.00. The van der Waals surface area contributed by atoms with E-state index in [0.29, 0.717) is 12.0 Å². The Balaban J connectivity index is 2.72. The second-order valence-corrected chi connectivity index (χ2v) is 7.18. The molecule has 0 aromatic carbocycles. The van der Waals surface area contributed by atoms with E-state index in [9.17, 15) is 0 Å². The average molecular weight is 277 g/mol. The van der Waals surface area contributed by atoms with Gasteiger partial charge in [0.15, 0.2) is 0 Å². The topological polar surface area (TPSA) is 28.2 Å². The summed E-state index contributed by atoms with van der Waals surface area (Å²) in [6.07, 6.45) is 1.18. The van der Waals surface area contributed by atoms with Crippen molar-refractivity contribution in [1.29, 1.82) is 0 Å². The molecule has 0 aliphatic rings. The number of hydrogen-bond acceptors (Lipinski definition) is 3. The van der Waals surface area contributed by atoms with Crippen molar-refractivity contribution in [2.24, 2.45) is 5.92 Å². The lowest BCUT2D eigenvalue weighted by atomic mass is 10.0. The second-order valence-electron chi connectivity index (χ2n) is 7.18. The second kappa shape index (κ2) is 7.07. The van der Waals surface area contributed by atoms with Crippen LogP contribution in [-0.2, 0) is 6.54 Å². The molecule has 1 heterocycles. The lowest BCUT2D eigenvalue weighted by Crippen LogP contribution is -2.35. The molecule has 114 valence electrons. The van der Waals surface area contributed by atoms with Gasteiger partial charge in [-0.2, -0.15) is 0 Å². The Hall–Kier alpha value is -1.09. The highest BCUT2D eigenvalue weighted by molar-refractivity contribution is 5.39. The van der Waals surface area contributed by atoms with E-state index >= 15 is 0 Å². The molecule has 0 aliphatic heterocycles. The first-order valence-corrected chi connectivity index (χ1v) is 7.63. The molecule has 20 heavy (non-hydrogen) atoms. The van der Waals surface area contributed by atoms with Gasteiger partial charge in [0, 0.05) is 25.2 Å². The highest BCUT2D eigenvalue weighted by Crippen LogP contribution is 2.17. The van der Waals surface area contributed by atoms with Crippen LogP contribution in [0.15, 0.2) is 18.2 Å². The predicted octanol–water partition coefficient (Wildman–Crippen LogP) is 3.84. The number of aromatic nitrogens is 1. The molecule has 1 unspecified atom stereocenters. The van der Waals surface area contributed by atoms with Gasteiger partial charge < -0.3 is 10.2 Å². The fourth-order valence-corrected chi connectivity index (χ4v) is 2.18. The lowest BCUT2D eigenvalue weighted by molar-refractivity contribution is 0.421. The van der Waals surface area contributed by atoms with Crippen molar-refractivity contribution in [3.05, 3.63) is 23.9 Å². The third kappa shape index (κ3) is 5.91. The quantitative estimate of drug-likeness (QED) is 0.856. The molecule has 0 saturated heterocycles. The Bertz CT molecular complexity index is 407. The first kappa shape index (κ1) is 17.0. The van der Waals surface area contributed by atoms with E-state index in [2.05, 4.69) is 77.0 Å². The molecular formula is C17H31N3. The Labute approximate surface area is 124 Å². The van der Waals surface area contributed by atoms with Gasteiger partial charge in [-0.25, -0.2) is 4.98 Å². The highest BCUT2D eigenvalue weighted by Gasteiger charge is 2.14. The van der Waals surface area contributed by atoms with Crippen LogP contribution < -0.4 is 10.2 Å². The maximum atomic E-state index is 4.77. The van der Waals surface area contributed by atoms with Crippen LogP contribution in [-0.4, -0.2) is 23.6 Å². The third-order valence-corrected chi connectivity index (χ3v) is 3.43. The smallest absolute Gasteiger partial charge is 0.128 e. The number of anilines is 1. The largest absolute Gasteiger partial charge is 0.357 e. The summed E-state index contributed by atoms with van der Waals surface area (Å²) >= 11 is 0. The van der Waals surface area contributed by atoms with Crippen molar-refractivity contribution in [3.8, 4) is 0 Å². The number of nitrogens with zero attached hydrogens (tertiary/aromatic N) is 2. The van der Waals surface area contributed by atoms with E-state index in [-0.39, 0.29) is 5.54 Å². The summed E-state index contributed by atoms with van der Waals surface area (Å²) in [5.74, 6) is 1.77. The van der Waals surface area contributed by atoms with Crippen LogP contribution in [0, 0.1) is 5.92 Å². The molecule has 1 atom stereocenters. The normalized spacial score (nSPS) is 13.6. The first-order valence-electron chi connectivity index (χ1n) is 7.63. The molecule has 0 bridgehead atoms. The van der Waals surface area contributed by atoms with E-state index in [0.717, 1.165) is 18.1 Å². The summed E-state index contributed by atoms with van der Waals surface area (Å²) in [4.78, 5) is 7.05. The highest BCUT2D eigenvalue weighted by atomic mass is 15.2. The van der Waals surface area contributed by atoms with Crippen molar-refractivity contribution >= 4 is 5.82 Å². The van der Waals surface area contributed by atoms with Crippen molar-refractivity contribution in [3.63, 3.8) is 0 Å². The third-order valence-electron chi connectivity index (χ3n) is 3.43. The molecule has 1 aromatic rings. The maximum absolute atomic E-state index is 4.77. The van der Waals surface area contributed by atoms with Crippen LogP contribution in [0.25, 0.3) is 0 Å². The molecule has 0 radical (unpaired) electrons. The van der Waals surface area contributed by atoms with Gasteiger partial charge >= 0.3 is 0 Å². The van der Waals surface area contributed by atoms with Gasteiger partial charge in [0.25, 0.3) is 0 Å². The van der Waals surface area contributed by atoms with Gasteiger partial charge in [-0.3, -0.25) is 0 Å². The molecule has 0 aliphatic carbocycles. The van der Waals surface area contributed by atoms with E-state index in [1.165, 1.54) is 6.42 Å². The predicted molar refractivity (Wildman–Crippen MR) is 88.1 cm³/mol. The van der Waals surface area contributed by atoms with Gasteiger partial charge in [-0.15, -0.1) is 0 Å². The maximum Gasteiger partial charge on any atom is 0.128 e. The monoisotopic (exact) mass is 277 g/mol. The molecule has 1 N–H and O–H groups in total. The SMILES string of the molecule is CC(C)CC(C)N(C)c1cccc(CNC(C)(C)C)n1. The Morgan fingerprint density at radius 1 is 1.20 bits per heavy atom. The van der Waals surface area contributed by atoms with Crippen molar-refractivity contribution in [1.82, 2.24) is 10.3 Å². The van der Waals surface area contributed by atoms with E-state index in [1.807, 2.05) is 0 Å². The Morgan fingerprint density at radius 2 is 1.85 bits per heavy atom. The zero-order valence-electron chi connectivity index (χ0n) is 14.2. The summed E-state index contributed by atoms with van der Waals surface area (Å²) < 4.78 is 0. The summed E-state index contributed by atoms with van der Waals surface area (Å²) in [7, 11) is 2.14. The molecule has 0 saturated carbocycles. The van der Waals surface area contributed by atoms with E-state index < -0.39 is 0 Å². The molecule has 3 heteroatoms. The van der Waals surface area contributed by atoms with E-state index in [1.54, 1.807) is 0 Å². The Morgan fingerprint density at radius 3 is 2.40 bits per heavy atom. The van der Waals surface area contributed by atoms with Crippen LogP contribution in [0.4, 0.5) is 5.82 Å². The lowest BCUT2D eigenvalue weighted by Gasteiger charge is -2.28. The minimum atomic E-state index is 0.120. The number of nitrogens with one attached hydrogen (secondary N) is 1.